The molecule has 0 aliphatic rings. The molecule has 0 bridgehead atoms. The predicted molar refractivity (Wildman–Crippen MR) is 117 cm³/mol. The molecule has 0 radical (unpaired) electrons. The van der Waals surface area contributed by atoms with Gasteiger partial charge in [0.1, 0.15) is 11.6 Å². The molecule has 5 nitrogen and oxygen atoms in total. The number of carbonyl (C=O) groups is 1. The molecule has 6 heteroatoms. The maximum Gasteiger partial charge on any atom is 0.222 e. The molecule has 29 heavy (non-hydrogen) atoms. The van der Waals surface area contributed by atoms with Crippen LogP contribution in [-0.2, 0) is 17.8 Å². The fourth-order valence-electron chi connectivity index (χ4n) is 3.16. The lowest BCUT2D eigenvalue weighted by molar-refractivity contribution is -0.123. The molecule has 0 atom stereocenters. The summed E-state index contributed by atoms with van der Waals surface area (Å²) >= 11 is 5.90. The standard InChI is InChI=1S/C23H28ClN3O2/c1-17(2)23(28)25-14-13-22-26-20-7-3-4-8-21(20)27(22)15-5-6-16-29-19-11-9-18(24)10-12-19/h3-4,7-12,17H,5-6,13-16H2,1-2H3,(H,25,28). The van der Waals surface area contributed by atoms with Gasteiger partial charge >= 0.3 is 0 Å². The summed E-state index contributed by atoms with van der Waals surface area (Å²) in [5, 5.41) is 3.69. The first kappa shape index (κ1) is 21.2. The maximum absolute atomic E-state index is 11.8. The van der Waals surface area contributed by atoms with Crippen molar-refractivity contribution < 1.29 is 9.53 Å². The smallest absolute Gasteiger partial charge is 0.222 e. The number of nitrogens with one attached hydrogen (secondary N) is 1. The minimum absolute atomic E-state index is 0.00513. The molecule has 0 aliphatic carbocycles. The van der Waals surface area contributed by atoms with Crippen molar-refractivity contribution >= 4 is 28.5 Å². The van der Waals surface area contributed by atoms with E-state index in [1.807, 2.05) is 56.3 Å². The molecule has 154 valence electrons. The lowest BCUT2D eigenvalue weighted by atomic mass is 10.2. The second-order valence-corrected chi connectivity index (χ2v) is 7.81. The van der Waals surface area contributed by atoms with Crippen LogP contribution in [0.2, 0.25) is 5.02 Å². The number of amides is 1. The second kappa shape index (κ2) is 10.3. The average molecular weight is 414 g/mol. The van der Waals surface area contributed by atoms with Crippen molar-refractivity contribution in [1.29, 1.82) is 0 Å². The number of aromatic nitrogens is 2. The highest BCUT2D eigenvalue weighted by Gasteiger charge is 2.11. The summed E-state index contributed by atoms with van der Waals surface area (Å²) in [4.78, 5) is 16.6. The summed E-state index contributed by atoms with van der Waals surface area (Å²) in [5.74, 6) is 1.92. The average Bonchev–Trinajstić information content (AvgIpc) is 3.06. The van der Waals surface area contributed by atoms with Crippen molar-refractivity contribution in [3.8, 4) is 5.75 Å². The van der Waals surface area contributed by atoms with Crippen molar-refractivity contribution in [3.05, 3.63) is 59.4 Å². The Morgan fingerprint density at radius 1 is 1.14 bits per heavy atom. The number of ether oxygens (including phenoxy) is 1. The second-order valence-electron chi connectivity index (χ2n) is 7.37. The molecule has 0 spiro atoms. The van der Waals surface area contributed by atoms with Crippen LogP contribution >= 0.6 is 11.6 Å². The Morgan fingerprint density at radius 3 is 2.66 bits per heavy atom. The Labute approximate surface area is 177 Å². The number of aryl methyl sites for hydroxylation is 1. The van der Waals surface area contributed by atoms with Gasteiger partial charge in [0.25, 0.3) is 0 Å². The quantitative estimate of drug-likeness (QED) is 0.483. The highest BCUT2D eigenvalue weighted by atomic mass is 35.5. The van der Waals surface area contributed by atoms with Crippen LogP contribution < -0.4 is 10.1 Å². The number of rotatable bonds is 10. The molecule has 3 rings (SSSR count). The summed E-state index contributed by atoms with van der Waals surface area (Å²) in [6.45, 7) is 5.93. The summed E-state index contributed by atoms with van der Waals surface area (Å²) in [6, 6.07) is 15.6. The Balaban J connectivity index is 1.55. The van der Waals surface area contributed by atoms with E-state index >= 15 is 0 Å². The zero-order valence-corrected chi connectivity index (χ0v) is 17.8. The van der Waals surface area contributed by atoms with E-state index in [1.165, 1.54) is 0 Å². The van der Waals surface area contributed by atoms with E-state index in [-0.39, 0.29) is 11.8 Å². The minimum atomic E-state index is -0.00513. The van der Waals surface area contributed by atoms with E-state index in [1.54, 1.807) is 0 Å². The summed E-state index contributed by atoms with van der Waals surface area (Å²) in [5.41, 5.74) is 2.13. The zero-order chi connectivity index (χ0) is 20.6. The number of hydrogen-bond donors (Lipinski definition) is 1. The molecule has 0 aliphatic heterocycles. The summed E-state index contributed by atoms with van der Waals surface area (Å²) < 4.78 is 8.04. The van der Waals surface area contributed by atoms with E-state index in [0.717, 1.165) is 42.0 Å². The van der Waals surface area contributed by atoms with Gasteiger partial charge in [0.05, 0.1) is 17.6 Å². The largest absolute Gasteiger partial charge is 0.494 e. The topological polar surface area (TPSA) is 56.2 Å². The van der Waals surface area contributed by atoms with Crippen molar-refractivity contribution in [3.63, 3.8) is 0 Å². The number of imidazole rings is 1. The number of para-hydroxylation sites is 2. The first-order valence-electron chi connectivity index (χ1n) is 10.1. The van der Waals surface area contributed by atoms with E-state index in [4.69, 9.17) is 21.3 Å². The van der Waals surface area contributed by atoms with Crippen LogP contribution in [0, 0.1) is 5.92 Å². The molecule has 3 aromatic rings. The van der Waals surface area contributed by atoms with E-state index in [9.17, 15) is 4.79 Å². The molecule has 1 amide bonds. The van der Waals surface area contributed by atoms with Crippen molar-refractivity contribution in [2.75, 3.05) is 13.2 Å². The van der Waals surface area contributed by atoms with Gasteiger partial charge in [0.15, 0.2) is 0 Å². The molecular weight excluding hydrogens is 386 g/mol. The van der Waals surface area contributed by atoms with Gasteiger partial charge in [-0.05, 0) is 49.2 Å². The fraction of sp³-hybridized carbons (Fsp3) is 0.391. The molecule has 0 fully saturated rings. The van der Waals surface area contributed by atoms with Gasteiger partial charge in [-0.2, -0.15) is 0 Å². The highest BCUT2D eigenvalue weighted by Crippen LogP contribution is 2.18. The van der Waals surface area contributed by atoms with Gasteiger partial charge in [-0.15, -0.1) is 0 Å². The third-order valence-corrected chi connectivity index (χ3v) is 5.02. The predicted octanol–water partition coefficient (Wildman–Crippen LogP) is 4.86. The Morgan fingerprint density at radius 2 is 1.90 bits per heavy atom. The van der Waals surface area contributed by atoms with Crippen LogP contribution in [0.3, 0.4) is 0 Å². The first-order valence-corrected chi connectivity index (χ1v) is 10.5. The SMILES string of the molecule is CC(C)C(=O)NCCc1nc2ccccc2n1CCCCOc1ccc(Cl)cc1. The first-order chi connectivity index (χ1) is 14.0. The Bertz CT molecular complexity index is 935. The monoisotopic (exact) mass is 413 g/mol. The highest BCUT2D eigenvalue weighted by molar-refractivity contribution is 6.30. The van der Waals surface area contributed by atoms with Crippen molar-refractivity contribution in [2.24, 2.45) is 5.92 Å². The van der Waals surface area contributed by atoms with E-state index in [0.29, 0.717) is 24.6 Å². The number of carbonyl (C=O) groups excluding carboxylic acids is 1. The lowest BCUT2D eigenvalue weighted by Crippen LogP contribution is -2.30. The Hall–Kier alpha value is -2.53. The zero-order valence-electron chi connectivity index (χ0n) is 17.0. The normalized spacial score (nSPS) is 11.2. The van der Waals surface area contributed by atoms with E-state index < -0.39 is 0 Å². The number of unbranched alkanes of at least 4 members (excludes halogenated alkanes) is 1. The van der Waals surface area contributed by atoms with Crippen LogP contribution in [0.15, 0.2) is 48.5 Å². The maximum atomic E-state index is 11.8. The fourth-order valence-corrected chi connectivity index (χ4v) is 3.29. The molecule has 0 saturated heterocycles. The number of hydrogen-bond acceptors (Lipinski definition) is 3. The lowest BCUT2D eigenvalue weighted by Gasteiger charge is -2.11. The number of benzene rings is 2. The van der Waals surface area contributed by atoms with Gasteiger partial charge in [-0.3, -0.25) is 4.79 Å². The molecule has 0 unspecified atom stereocenters. The molecule has 1 N–H and O–H groups in total. The molecule has 2 aromatic carbocycles. The number of halogens is 1. The van der Waals surface area contributed by atoms with Crippen molar-refractivity contribution in [2.45, 2.75) is 39.7 Å². The van der Waals surface area contributed by atoms with Gasteiger partial charge in [0, 0.05) is 30.5 Å². The minimum Gasteiger partial charge on any atom is -0.494 e. The Kier molecular flexibility index (Phi) is 7.53. The van der Waals surface area contributed by atoms with Crippen LogP contribution in [0.1, 0.15) is 32.5 Å². The summed E-state index contributed by atoms with van der Waals surface area (Å²) in [6.07, 6.45) is 2.65. The molecule has 0 saturated carbocycles. The third-order valence-electron chi connectivity index (χ3n) is 4.76. The molecule has 1 aromatic heterocycles. The van der Waals surface area contributed by atoms with Gasteiger partial charge < -0.3 is 14.6 Å². The van der Waals surface area contributed by atoms with Crippen LogP contribution in [0.25, 0.3) is 11.0 Å². The molecule has 1 heterocycles. The number of nitrogens with zero attached hydrogens (tertiary/aromatic N) is 2. The van der Waals surface area contributed by atoms with Gasteiger partial charge in [0.2, 0.25) is 5.91 Å². The van der Waals surface area contributed by atoms with Gasteiger partial charge in [-0.25, -0.2) is 4.98 Å². The van der Waals surface area contributed by atoms with Crippen LogP contribution in [-0.4, -0.2) is 28.6 Å². The van der Waals surface area contributed by atoms with E-state index in [2.05, 4.69) is 16.0 Å². The third kappa shape index (κ3) is 5.97. The number of fused-ring (bicyclic) bond motifs is 1. The summed E-state index contributed by atoms with van der Waals surface area (Å²) in [7, 11) is 0. The van der Waals surface area contributed by atoms with Crippen LogP contribution in [0.5, 0.6) is 5.75 Å². The van der Waals surface area contributed by atoms with Crippen molar-refractivity contribution in [1.82, 2.24) is 14.9 Å². The molecular formula is C23H28ClN3O2. The van der Waals surface area contributed by atoms with Crippen LogP contribution in [0.4, 0.5) is 0 Å². The van der Waals surface area contributed by atoms with Gasteiger partial charge in [-0.1, -0.05) is 37.6 Å².